The van der Waals surface area contributed by atoms with Gasteiger partial charge in [0, 0.05) is 18.0 Å². The third kappa shape index (κ3) is 6.02. The Morgan fingerprint density at radius 2 is 1.87 bits per heavy atom. The molecular weight excluding hydrogens is 586 g/mol. The van der Waals surface area contributed by atoms with Crippen molar-refractivity contribution in [2.45, 2.75) is 114 Å². The molecule has 1 aromatic carbocycles. The summed E-state index contributed by atoms with van der Waals surface area (Å²) >= 11 is 0. The van der Waals surface area contributed by atoms with Crippen molar-refractivity contribution >= 4 is 24.1 Å². The Hall–Kier alpha value is -3.64. The summed E-state index contributed by atoms with van der Waals surface area (Å²) in [5.74, 6) is -1.37. The predicted molar refractivity (Wildman–Crippen MR) is 159 cm³/mol. The lowest BCUT2D eigenvalue weighted by molar-refractivity contribution is -0.170. The van der Waals surface area contributed by atoms with E-state index >= 15 is 0 Å². The number of unbranched alkanes of at least 4 members (excludes halogenated alkanes) is 1. The van der Waals surface area contributed by atoms with Gasteiger partial charge in [0.25, 0.3) is 0 Å². The zero-order valence-electron chi connectivity index (χ0n) is 26.8. The average Bonchev–Trinajstić information content (AvgIpc) is 3.31. The van der Waals surface area contributed by atoms with Crippen molar-refractivity contribution in [2.24, 2.45) is 0 Å². The molecule has 246 valence electrons. The summed E-state index contributed by atoms with van der Waals surface area (Å²) in [4.78, 5) is 52.2. The predicted octanol–water partition coefficient (Wildman–Crippen LogP) is 3.88. The van der Waals surface area contributed by atoms with Crippen molar-refractivity contribution in [3.05, 3.63) is 35.1 Å². The number of ether oxygens (including phenoxy) is 6. The van der Waals surface area contributed by atoms with Gasteiger partial charge in [-0.15, -0.1) is 0 Å². The van der Waals surface area contributed by atoms with E-state index < -0.39 is 52.9 Å². The number of hydrogen-bond donors (Lipinski definition) is 1. The van der Waals surface area contributed by atoms with Crippen LogP contribution in [0.2, 0.25) is 0 Å². The smallest absolute Gasteiger partial charge is 0.477 e. The Kier molecular flexibility index (Phi) is 8.93. The van der Waals surface area contributed by atoms with Gasteiger partial charge in [-0.3, -0.25) is 9.59 Å². The van der Waals surface area contributed by atoms with E-state index in [4.69, 9.17) is 28.4 Å². The Bertz CT molecular complexity index is 1400. The molecule has 1 spiro atoms. The molecule has 0 aromatic heterocycles. The van der Waals surface area contributed by atoms with Crippen LogP contribution in [0.25, 0.3) is 0 Å². The van der Waals surface area contributed by atoms with E-state index in [0.717, 1.165) is 17.5 Å². The summed E-state index contributed by atoms with van der Waals surface area (Å²) in [6, 6.07) is 3.33. The standard InChI is InChI=1S/C33H43NO11/c1-7-8-17-40-29(37)19(2)41-24(35)11-12-25(36)42-22-13-14-33(39)23-18-20-9-10-21(43-30(38)45-31(3,4)5)27-26(20)32(33,28(22)44-27)15-16-34(23)6/h9-10,13,19,23,28,39H,7-8,11-12,14-18H2,1-6H3/t19-,23+,28-,32-,33+/m0/s1. The first-order valence-corrected chi connectivity index (χ1v) is 15.6. The summed E-state index contributed by atoms with van der Waals surface area (Å²) in [5.41, 5.74) is -1.26. The topological polar surface area (TPSA) is 147 Å². The quantitative estimate of drug-likeness (QED) is 0.173. The number of piperidine rings is 1. The molecule has 0 unspecified atom stereocenters. The number of hydrogen-bond acceptors (Lipinski definition) is 12. The van der Waals surface area contributed by atoms with E-state index in [9.17, 15) is 24.3 Å². The second-order valence-corrected chi connectivity index (χ2v) is 13.3. The van der Waals surface area contributed by atoms with Gasteiger partial charge in [-0.1, -0.05) is 19.4 Å². The summed E-state index contributed by atoms with van der Waals surface area (Å²) in [6.45, 7) is 9.49. The van der Waals surface area contributed by atoms with Crippen molar-refractivity contribution in [3.63, 3.8) is 0 Å². The maximum atomic E-state index is 13.0. The van der Waals surface area contributed by atoms with Crippen LogP contribution in [0, 0.1) is 0 Å². The summed E-state index contributed by atoms with van der Waals surface area (Å²) in [5, 5.41) is 12.4. The highest BCUT2D eigenvalue weighted by Crippen LogP contribution is 2.65. The van der Waals surface area contributed by atoms with Crippen LogP contribution in [-0.2, 0) is 45.2 Å². The van der Waals surface area contributed by atoms with Crippen molar-refractivity contribution in [2.75, 3.05) is 20.2 Å². The van der Waals surface area contributed by atoms with Crippen molar-refractivity contribution in [1.82, 2.24) is 4.90 Å². The fourth-order valence-corrected chi connectivity index (χ4v) is 6.99. The van der Waals surface area contributed by atoms with Crippen LogP contribution >= 0.6 is 0 Å². The maximum absolute atomic E-state index is 13.0. The highest BCUT2D eigenvalue weighted by molar-refractivity contribution is 5.82. The van der Waals surface area contributed by atoms with Gasteiger partial charge >= 0.3 is 24.1 Å². The Labute approximate surface area is 262 Å². The first-order chi connectivity index (χ1) is 21.2. The van der Waals surface area contributed by atoms with E-state index in [1.807, 2.05) is 20.0 Å². The molecule has 1 saturated heterocycles. The lowest BCUT2D eigenvalue weighted by atomic mass is 9.50. The van der Waals surface area contributed by atoms with E-state index in [1.165, 1.54) is 6.92 Å². The van der Waals surface area contributed by atoms with Crippen molar-refractivity contribution in [1.29, 1.82) is 0 Å². The summed E-state index contributed by atoms with van der Waals surface area (Å²) in [6.07, 6.45) is 1.06. The minimum absolute atomic E-state index is 0.155. The number of nitrogens with zero attached hydrogens (tertiary/aromatic N) is 1. The Balaban J connectivity index is 1.33. The van der Waals surface area contributed by atoms with Crippen LogP contribution in [0.5, 0.6) is 11.5 Å². The van der Waals surface area contributed by atoms with E-state index in [2.05, 4.69) is 4.90 Å². The van der Waals surface area contributed by atoms with Crippen LogP contribution in [-0.4, -0.2) is 83.7 Å². The lowest BCUT2D eigenvalue weighted by Crippen LogP contribution is -2.74. The van der Waals surface area contributed by atoms with Crippen LogP contribution in [0.4, 0.5) is 4.79 Å². The fourth-order valence-electron chi connectivity index (χ4n) is 6.99. The molecule has 2 aliphatic heterocycles. The van der Waals surface area contributed by atoms with Gasteiger partial charge < -0.3 is 38.4 Å². The molecule has 1 N–H and O–H groups in total. The van der Waals surface area contributed by atoms with Crippen LogP contribution in [0.3, 0.4) is 0 Å². The van der Waals surface area contributed by atoms with Gasteiger partial charge in [-0.25, -0.2) is 9.59 Å². The molecule has 2 bridgehead atoms. The van der Waals surface area contributed by atoms with Gasteiger partial charge in [-0.2, -0.15) is 0 Å². The first kappa shape index (κ1) is 32.7. The van der Waals surface area contributed by atoms with Gasteiger partial charge in [0.1, 0.15) is 11.4 Å². The number of carbonyl (C=O) groups excluding carboxylic acids is 4. The number of benzene rings is 1. The van der Waals surface area contributed by atoms with Crippen molar-refractivity contribution in [3.8, 4) is 11.5 Å². The summed E-state index contributed by atoms with van der Waals surface area (Å²) in [7, 11) is 1.98. The molecule has 0 saturated carbocycles. The zero-order valence-corrected chi connectivity index (χ0v) is 26.8. The molecule has 1 fully saturated rings. The average molecular weight is 630 g/mol. The fraction of sp³-hybridized carbons (Fsp3) is 0.636. The molecule has 12 nitrogen and oxygen atoms in total. The van der Waals surface area contributed by atoms with Crippen molar-refractivity contribution < 1.29 is 52.7 Å². The molecule has 4 aliphatic rings. The van der Waals surface area contributed by atoms with Gasteiger partial charge in [-0.05, 0) is 78.3 Å². The van der Waals surface area contributed by atoms with Crippen LogP contribution in [0.1, 0.15) is 84.3 Å². The molecule has 1 aromatic rings. The van der Waals surface area contributed by atoms with Gasteiger partial charge in [0.15, 0.2) is 23.7 Å². The number of esters is 3. The zero-order chi connectivity index (χ0) is 32.7. The minimum Gasteiger partial charge on any atom is -0.477 e. The van der Waals surface area contributed by atoms with E-state index in [1.54, 1.807) is 32.9 Å². The highest BCUT2D eigenvalue weighted by atomic mass is 16.7. The molecule has 0 radical (unpaired) electrons. The Morgan fingerprint density at radius 3 is 2.58 bits per heavy atom. The molecule has 12 heteroatoms. The van der Waals surface area contributed by atoms with Crippen LogP contribution in [0.15, 0.2) is 24.0 Å². The molecule has 2 heterocycles. The minimum atomic E-state index is -1.24. The maximum Gasteiger partial charge on any atom is 0.514 e. The number of rotatable bonds is 10. The molecule has 5 atom stereocenters. The van der Waals surface area contributed by atoms with E-state index in [0.29, 0.717) is 31.6 Å². The SMILES string of the molecule is CCCCOC(=O)[C@H](C)OC(=O)CCC(=O)OC1=CC[C@@]2(O)[C@H]3Cc4ccc(OC(=O)OC(C)(C)C)c5c4[C@@]2(CCN3C)[C@H]1O5. The highest BCUT2D eigenvalue weighted by Gasteiger charge is 2.72. The Morgan fingerprint density at radius 1 is 1.13 bits per heavy atom. The first-order valence-electron chi connectivity index (χ1n) is 15.6. The second-order valence-electron chi connectivity index (χ2n) is 13.3. The monoisotopic (exact) mass is 629 g/mol. The molecule has 5 rings (SSSR count). The molecular formula is C33H43NO11. The number of carbonyl (C=O) groups is 4. The largest absolute Gasteiger partial charge is 0.514 e. The third-order valence-corrected chi connectivity index (χ3v) is 9.07. The van der Waals surface area contributed by atoms with Gasteiger partial charge in [0.2, 0.25) is 0 Å². The second kappa shape index (κ2) is 12.3. The molecule has 2 aliphatic carbocycles. The molecule has 45 heavy (non-hydrogen) atoms. The third-order valence-electron chi connectivity index (χ3n) is 9.07. The lowest BCUT2D eigenvalue weighted by Gasteiger charge is -2.61. The number of likely N-dealkylation sites (N-methyl/N-ethyl adjacent to an activating group) is 1. The normalized spacial score (nSPS) is 26.9. The number of likely N-dealkylation sites (tertiary alicyclic amines) is 1. The molecule has 0 amide bonds. The summed E-state index contributed by atoms with van der Waals surface area (Å²) < 4.78 is 33.5. The van der Waals surface area contributed by atoms with Gasteiger partial charge in [0.05, 0.1) is 30.5 Å². The van der Waals surface area contributed by atoms with Crippen LogP contribution < -0.4 is 9.47 Å². The number of aliphatic hydroxyl groups is 1. The van der Waals surface area contributed by atoms with E-state index in [-0.39, 0.29) is 43.4 Å².